The number of amides is 1. The lowest BCUT2D eigenvalue weighted by Crippen LogP contribution is -2.29. The molecule has 0 spiro atoms. The summed E-state index contributed by atoms with van der Waals surface area (Å²) in [6.45, 7) is 6.05. The van der Waals surface area contributed by atoms with E-state index in [9.17, 15) is 4.79 Å². The molecule has 0 saturated carbocycles. The number of hydrogen-bond donors (Lipinski definition) is 0. The molecular weight excluding hydrogens is 256 g/mol. The van der Waals surface area contributed by atoms with Crippen molar-refractivity contribution in [1.82, 2.24) is 9.88 Å². The summed E-state index contributed by atoms with van der Waals surface area (Å²) in [5.74, 6) is 0.0752. The first kappa shape index (κ1) is 13.7. The van der Waals surface area contributed by atoms with E-state index in [0.717, 1.165) is 16.0 Å². The third-order valence-corrected chi connectivity index (χ3v) is 4.33. The Morgan fingerprint density at radius 3 is 2.47 bits per heavy atom. The van der Waals surface area contributed by atoms with Crippen LogP contribution >= 0.6 is 11.3 Å². The van der Waals surface area contributed by atoms with Crippen LogP contribution in [0.15, 0.2) is 30.6 Å². The molecule has 100 valence electrons. The second-order valence-electron chi connectivity index (χ2n) is 4.70. The Hall–Kier alpha value is -1.68. The molecule has 2 aromatic rings. The molecule has 0 saturated heterocycles. The summed E-state index contributed by atoms with van der Waals surface area (Å²) in [4.78, 5) is 20.5. The fourth-order valence-electron chi connectivity index (χ4n) is 2.07. The maximum absolute atomic E-state index is 12.5. The third-order valence-electron chi connectivity index (χ3n) is 3.36. The van der Waals surface area contributed by atoms with Gasteiger partial charge >= 0.3 is 0 Å². The van der Waals surface area contributed by atoms with Crippen LogP contribution in [0.1, 0.15) is 38.6 Å². The molecule has 2 aromatic heterocycles. The highest BCUT2D eigenvalue weighted by Crippen LogP contribution is 2.25. The molecule has 1 unspecified atom stereocenters. The van der Waals surface area contributed by atoms with Gasteiger partial charge in [-0.3, -0.25) is 9.78 Å². The second kappa shape index (κ2) is 5.53. The molecule has 19 heavy (non-hydrogen) atoms. The lowest BCUT2D eigenvalue weighted by atomic mass is 10.1. The molecule has 0 aliphatic heterocycles. The average Bonchev–Trinajstić information content (AvgIpc) is 2.76. The van der Waals surface area contributed by atoms with Crippen LogP contribution in [-0.2, 0) is 0 Å². The number of nitrogens with zero attached hydrogens (tertiary/aromatic N) is 2. The topological polar surface area (TPSA) is 33.2 Å². The van der Waals surface area contributed by atoms with E-state index in [2.05, 4.69) is 4.98 Å². The zero-order valence-corrected chi connectivity index (χ0v) is 12.5. The summed E-state index contributed by atoms with van der Waals surface area (Å²) in [5, 5.41) is 0. The van der Waals surface area contributed by atoms with Gasteiger partial charge in [0.1, 0.15) is 0 Å². The van der Waals surface area contributed by atoms with Crippen molar-refractivity contribution in [2.75, 3.05) is 7.05 Å². The highest BCUT2D eigenvalue weighted by atomic mass is 32.1. The number of carbonyl (C=O) groups is 1. The van der Waals surface area contributed by atoms with Gasteiger partial charge in [-0.1, -0.05) is 0 Å². The number of thiophene rings is 1. The standard InChI is InChI=1S/C15H18N2OS/c1-10-9-14(12(3)19-10)15(18)17(4)11(2)13-5-7-16-8-6-13/h5-9,11H,1-4H3. The van der Waals surface area contributed by atoms with E-state index in [1.807, 2.05) is 46.0 Å². The summed E-state index contributed by atoms with van der Waals surface area (Å²) in [7, 11) is 1.85. The molecule has 0 aromatic carbocycles. The van der Waals surface area contributed by atoms with E-state index < -0.39 is 0 Å². The minimum absolute atomic E-state index is 0.0371. The molecule has 2 rings (SSSR count). The van der Waals surface area contributed by atoms with Crippen LogP contribution in [0.5, 0.6) is 0 Å². The molecule has 3 nitrogen and oxygen atoms in total. The lowest BCUT2D eigenvalue weighted by molar-refractivity contribution is 0.0742. The number of rotatable bonds is 3. The Balaban J connectivity index is 2.22. The zero-order chi connectivity index (χ0) is 14.0. The molecule has 0 aliphatic rings. The monoisotopic (exact) mass is 274 g/mol. The summed E-state index contributed by atoms with van der Waals surface area (Å²) in [5.41, 5.74) is 1.90. The molecular formula is C15H18N2OS. The second-order valence-corrected chi connectivity index (χ2v) is 6.16. The summed E-state index contributed by atoms with van der Waals surface area (Å²) in [6, 6.07) is 5.90. The largest absolute Gasteiger partial charge is 0.335 e. The molecule has 0 N–H and O–H groups in total. The van der Waals surface area contributed by atoms with Crippen LogP contribution in [0.4, 0.5) is 0 Å². The minimum atomic E-state index is 0.0371. The lowest BCUT2D eigenvalue weighted by Gasteiger charge is -2.25. The van der Waals surface area contributed by atoms with E-state index >= 15 is 0 Å². The predicted octanol–water partition coefficient (Wildman–Crippen LogP) is 3.59. The van der Waals surface area contributed by atoms with Crippen molar-refractivity contribution in [3.05, 3.63) is 51.5 Å². The van der Waals surface area contributed by atoms with Gasteiger partial charge in [-0.05, 0) is 44.5 Å². The molecule has 0 bridgehead atoms. The molecule has 0 radical (unpaired) electrons. The first-order chi connectivity index (χ1) is 9.00. The van der Waals surface area contributed by atoms with Crippen LogP contribution in [0.25, 0.3) is 0 Å². The summed E-state index contributed by atoms with van der Waals surface area (Å²) in [6.07, 6.45) is 3.51. The maximum Gasteiger partial charge on any atom is 0.255 e. The van der Waals surface area contributed by atoms with E-state index in [1.54, 1.807) is 28.6 Å². The Kier molecular flexibility index (Phi) is 4.00. The van der Waals surface area contributed by atoms with Crippen LogP contribution in [-0.4, -0.2) is 22.8 Å². The zero-order valence-electron chi connectivity index (χ0n) is 11.7. The van der Waals surface area contributed by atoms with Crippen molar-refractivity contribution in [2.45, 2.75) is 26.8 Å². The van der Waals surface area contributed by atoms with Gasteiger partial charge in [0.05, 0.1) is 11.6 Å². The van der Waals surface area contributed by atoms with Crippen molar-refractivity contribution >= 4 is 17.2 Å². The highest BCUT2D eigenvalue weighted by Gasteiger charge is 2.21. The van der Waals surface area contributed by atoms with Crippen molar-refractivity contribution < 1.29 is 4.79 Å². The average molecular weight is 274 g/mol. The van der Waals surface area contributed by atoms with Gasteiger partial charge < -0.3 is 4.90 Å². The summed E-state index contributed by atoms with van der Waals surface area (Å²) < 4.78 is 0. The number of aromatic nitrogens is 1. The van der Waals surface area contributed by atoms with E-state index in [1.165, 1.54) is 4.88 Å². The SMILES string of the molecule is Cc1cc(C(=O)N(C)C(C)c2ccncc2)c(C)s1. The van der Waals surface area contributed by atoms with Gasteiger partial charge in [0, 0.05) is 29.2 Å². The van der Waals surface area contributed by atoms with Crippen molar-refractivity contribution in [2.24, 2.45) is 0 Å². The van der Waals surface area contributed by atoms with Crippen LogP contribution < -0.4 is 0 Å². The van der Waals surface area contributed by atoms with Crippen molar-refractivity contribution in [3.8, 4) is 0 Å². The third kappa shape index (κ3) is 2.84. The number of aryl methyl sites for hydroxylation is 2. The van der Waals surface area contributed by atoms with E-state index in [4.69, 9.17) is 0 Å². The highest BCUT2D eigenvalue weighted by molar-refractivity contribution is 7.12. The number of hydrogen-bond acceptors (Lipinski definition) is 3. The van der Waals surface area contributed by atoms with Crippen molar-refractivity contribution in [1.29, 1.82) is 0 Å². The quantitative estimate of drug-likeness (QED) is 0.857. The van der Waals surface area contributed by atoms with Crippen LogP contribution in [0.3, 0.4) is 0 Å². The first-order valence-corrected chi connectivity index (χ1v) is 7.06. The Morgan fingerprint density at radius 1 is 1.32 bits per heavy atom. The Labute approximate surface area is 117 Å². The van der Waals surface area contributed by atoms with Gasteiger partial charge in [0.2, 0.25) is 0 Å². The molecule has 1 amide bonds. The number of pyridine rings is 1. The van der Waals surface area contributed by atoms with Gasteiger partial charge in [-0.15, -0.1) is 11.3 Å². The fraction of sp³-hybridized carbons (Fsp3) is 0.333. The van der Waals surface area contributed by atoms with Gasteiger partial charge in [-0.25, -0.2) is 0 Å². The molecule has 0 aliphatic carbocycles. The van der Waals surface area contributed by atoms with Crippen molar-refractivity contribution in [3.63, 3.8) is 0 Å². The van der Waals surface area contributed by atoms with Gasteiger partial charge in [-0.2, -0.15) is 0 Å². The van der Waals surface area contributed by atoms with Gasteiger partial charge in [0.15, 0.2) is 0 Å². The summed E-state index contributed by atoms with van der Waals surface area (Å²) >= 11 is 1.66. The van der Waals surface area contributed by atoms with Gasteiger partial charge in [0.25, 0.3) is 5.91 Å². The maximum atomic E-state index is 12.5. The molecule has 4 heteroatoms. The van der Waals surface area contributed by atoms with E-state index in [0.29, 0.717) is 0 Å². The van der Waals surface area contributed by atoms with E-state index in [-0.39, 0.29) is 11.9 Å². The normalized spacial score (nSPS) is 12.2. The van der Waals surface area contributed by atoms with Crippen LogP contribution in [0, 0.1) is 13.8 Å². The molecule has 2 heterocycles. The molecule has 1 atom stereocenters. The minimum Gasteiger partial charge on any atom is -0.335 e. The number of carbonyl (C=O) groups excluding carboxylic acids is 1. The fourth-order valence-corrected chi connectivity index (χ4v) is 2.99. The van der Waals surface area contributed by atoms with Crippen LogP contribution in [0.2, 0.25) is 0 Å². The Bertz CT molecular complexity index is 577. The smallest absolute Gasteiger partial charge is 0.255 e. The molecule has 0 fully saturated rings. The predicted molar refractivity (Wildman–Crippen MR) is 78.5 cm³/mol. The first-order valence-electron chi connectivity index (χ1n) is 6.25. The Morgan fingerprint density at radius 2 is 1.95 bits per heavy atom.